The van der Waals surface area contributed by atoms with Crippen molar-refractivity contribution >= 4 is 58.2 Å². The molecule has 2 saturated carbocycles. The lowest BCUT2D eigenvalue weighted by molar-refractivity contribution is -0.140. The first-order chi connectivity index (χ1) is 15.8. The van der Waals surface area contributed by atoms with Gasteiger partial charge in [0, 0.05) is 16.3 Å². The molecule has 0 aromatic heterocycles. The number of hydrogen-bond donors (Lipinski definition) is 0. The van der Waals surface area contributed by atoms with Crippen LogP contribution in [0.25, 0.3) is 0 Å². The molecule has 33 heavy (non-hydrogen) atoms. The number of imide groups is 1. The molecule has 1 saturated heterocycles. The second-order valence-electron chi connectivity index (χ2n) is 9.24. The van der Waals surface area contributed by atoms with Crippen molar-refractivity contribution in [2.75, 3.05) is 11.6 Å². The van der Waals surface area contributed by atoms with E-state index >= 15 is 0 Å². The molecule has 2 aromatic carbocycles. The van der Waals surface area contributed by atoms with Gasteiger partial charge in [-0.3, -0.25) is 24.2 Å². The van der Waals surface area contributed by atoms with Crippen LogP contribution in [0.15, 0.2) is 54.6 Å². The first kappa shape index (κ1) is 21.2. The standard InChI is InChI=1S/C25H19Cl3N2O3/c26-13-2-4-14(5-3-13)29(23(31)12-1-8-19(27)20(28)9-12)11-30-24(32)21-15-6-7-16(18-10-17(15)18)22(21)25(30)33/h1-9,15-18,21-22H,10-11H2. The third kappa shape index (κ3) is 3.24. The predicted molar refractivity (Wildman–Crippen MR) is 126 cm³/mol. The molecule has 6 unspecified atom stereocenters. The van der Waals surface area contributed by atoms with E-state index in [1.165, 1.54) is 15.9 Å². The smallest absolute Gasteiger partial charge is 0.259 e. The Morgan fingerprint density at radius 3 is 2.06 bits per heavy atom. The van der Waals surface area contributed by atoms with Gasteiger partial charge in [-0.2, -0.15) is 0 Å². The van der Waals surface area contributed by atoms with E-state index in [0.717, 1.165) is 6.42 Å². The van der Waals surface area contributed by atoms with Crippen molar-refractivity contribution in [1.29, 1.82) is 0 Å². The van der Waals surface area contributed by atoms with E-state index in [2.05, 4.69) is 12.2 Å². The number of rotatable bonds is 4. The molecule has 0 spiro atoms. The summed E-state index contributed by atoms with van der Waals surface area (Å²) in [5, 5.41) is 1.10. The molecule has 3 amide bonds. The van der Waals surface area contributed by atoms with Gasteiger partial charge in [0.25, 0.3) is 5.91 Å². The number of carbonyl (C=O) groups is 3. The number of allylic oxidation sites excluding steroid dienone is 2. The number of amides is 3. The lowest BCUT2D eigenvalue weighted by Gasteiger charge is -2.37. The fraction of sp³-hybridized carbons (Fsp3) is 0.320. The molecular weight excluding hydrogens is 483 g/mol. The number of anilines is 1. The minimum absolute atomic E-state index is 0.126. The number of hydrogen-bond acceptors (Lipinski definition) is 3. The fourth-order valence-corrected chi connectivity index (χ4v) is 6.39. The number of halogens is 3. The van der Waals surface area contributed by atoms with Gasteiger partial charge in [-0.1, -0.05) is 47.0 Å². The van der Waals surface area contributed by atoms with E-state index < -0.39 is 5.91 Å². The van der Waals surface area contributed by atoms with Crippen LogP contribution in [0.2, 0.25) is 15.1 Å². The SMILES string of the molecule is O=C1C2C3C=CC(C4CC34)C2C(=O)N1CN(C(=O)c1ccc(Cl)c(Cl)c1)c1ccc(Cl)cc1. The molecular formula is C25H19Cl3N2O3. The highest BCUT2D eigenvalue weighted by Crippen LogP contribution is 2.65. The van der Waals surface area contributed by atoms with Crippen LogP contribution in [0.3, 0.4) is 0 Å². The summed E-state index contributed by atoms with van der Waals surface area (Å²) >= 11 is 18.2. The van der Waals surface area contributed by atoms with E-state index in [0.29, 0.717) is 33.1 Å². The third-order valence-electron chi connectivity index (χ3n) is 7.59. The monoisotopic (exact) mass is 500 g/mol. The number of nitrogens with zero attached hydrogens (tertiary/aromatic N) is 2. The minimum Gasteiger partial charge on any atom is -0.290 e. The summed E-state index contributed by atoms with van der Waals surface area (Å²) in [5.41, 5.74) is 0.828. The topological polar surface area (TPSA) is 57.7 Å². The summed E-state index contributed by atoms with van der Waals surface area (Å²) in [5.74, 6) is -0.109. The molecule has 7 rings (SSSR count). The number of benzene rings is 2. The van der Waals surface area contributed by atoms with Gasteiger partial charge < -0.3 is 0 Å². The maximum Gasteiger partial charge on any atom is 0.259 e. The average Bonchev–Trinajstić information content (AvgIpc) is 3.59. The Bertz CT molecular complexity index is 1190. The lowest BCUT2D eigenvalue weighted by atomic mass is 9.63. The Labute approximate surface area is 205 Å². The molecule has 5 aliphatic rings. The molecule has 5 nitrogen and oxygen atoms in total. The summed E-state index contributed by atoms with van der Waals surface area (Å²) in [6, 6.07) is 11.3. The minimum atomic E-state index is -0.393. The van der Waals surface area contributed by atoms with E-state index in [9.17, 15) is 14.4 Å². The summed E-state index contributed by atoms with van der Waals surface area (Å²) in [6.07, 6.45) is 5.36. The summed E-state index contributed by atoms with van der Waals surface area (Å²) in [4.78, 5) is 43.1. The number of carbonyl (C=O) groups excluding carboxylic acids is 3. The van der Waals surface area contributed by atoms with Crippen LogP contribution in [0.5, 0.6) is 0 Å². The lowest BCUT2D eigenvalue weighted by Crippen LogP contribution is -2.45. The molecule has 8 heteroatoms. The quantitative estimate of drug-likeness (QED) is 0.422. The number of likely N-dealkylation sites (tertiary alicyclic amines) is 1. The van der Waals surface area contributed by atoms with Gasteiger partial charge in [0.1, 0.15) is 6.67 Å². The van der Waals surface area contributed by atoms with Crippen LogP contribution < -0.4 is 4.90 Å². The molecule has 1 heterocycles. The highest BCUT2D eigenvalue weighted by molar-refractivity contribution is 6.42. The molecule has 168 valence electrons. The highest BCUT2D eigenvalue weighted by Gasteiger charge is 2.67. The van der Waals surface area contributed by atoms with Crippen LogP contribution in [-0.2, 0) is 9.59 Å². The zero-order chi connectivity index (χ0) is 23.0. The average molecular weight is 502 g/mol. The van der Waals surface area contributed by atoms with Crippen molar-refractivity contribution in [2.45, 2.75) is 6.42 Å². The highest BCUT2D eigenvalue weighted by atomic mass is 35.5. The van der Waals surface area contributed by atoms with Gasteiger partial charge in [0.05, 0.1) is 21.9 Å². The molecule has 3 fully saturated rings. The van der Waals surface area contributed by atoms with Crippen molar-refractivity contribution < 1.29 is 14.4 Å². The second-order valence-corrected chi connectivity index (χ2v) is 10.5. The first-order valence-corrected chi connectivity index (χ1v) is 12.0. The van der Waals surface area contributed by atoms with Crippen LogP contribution in [0, 0.1) is 35.5 Å². The molecule has 4 aliphatic carbocycles. The maximum absolute atomic E-state index is 13.5. The molecule has 1 aliphatic heterocycles. The Kier molecular flexibility index (Phi) is 4.88. The van der Waals surface area contributed by atoms with Crippen LogP contribution in [0.1, 0.15) is 16.8 Å². The van der Waals surface area contributed by atoms with E-state index in [1.807, 2.05) is 0 Å². The van der Waals surface area contributed by atoms with E-state index in [1.54, 1.807) is 36.4 Å². The third-order valence-corrected chi connectivity index (χ3v) is 8.58. The van der Waals surface area contributed by atoms with Gasteiger partial charge in [-0.05, 0) is 72.6 Å². The molecule has 0 N–H and O–H groups in total. The van der Waals surface area contributed by atoms with Crippen LogP contribution >= 0.6 is 34.8 Å². The Morgan fingerprint density at radius 1 is 0.879 bits per heavy atom. The van der Waals surface area contributed by atoms with Gasteiger partial charge in [0.15, 0.2) is 0 Å². The van der Waals surface area contributed by atoms with Crippen molar-refractivity contribution in [3.05, 3.63) is 75.2 Å². The molecule has 2 aromatic rings. The maximum atomic E-state index is 13.5. The van der Waals surface area contributed by atoms with E-state index in [-0.39, 0.29) is 47.2 Å². The molecule has 0 radical (unpaired) electrons. The summed E-state index contributed by atoms with van der Waals surface area (Å²) in [6.45, 7) is -0.167. The Balaban J connectivity index is 1.34. The van der Waals surface area contributed by atoms with Crippen LogP contribution in [-0.4, -0.2) is 29.3 Å². The van der Waals surface area contributed by atoms with Crippen molar-refractivity contribution in [2.24, 2.45) is 35.5 Å². The zero-order valence-corrected chi connectivity index (χ0v) is 19.6. The van der Waals surface area contributed by atoms with Crippen molar-refractivity contribution in [1.82, 2.24) is 4.90 Å². The predicted octanol–water partition coefficient (Wildman–Crippen LogP) is 5.30. The largest absolute Gasteiger partial charge is 0.290 e. The summed E-state index contributed by atoms with van der Waals surface area (Å²) < 4.78 is 0. The fourth-order valence-electron chi connectivity index (χ4n) is 5.97. The van der Waals surface area contributed by atoms with Crippen molar-refractivity contribution in [3.63, 3.8) is 0 Å². The van der Waals surface area contributed by atoms with E-state index in [4.69, 9.17) is 34.8 Å². The van der Waals surface area contributed by atoms with Gasteiger partial charge in [-0.25, -0.2) is 0 Å². The molecule has 6 atom stereocenters. The van der Waals surface area contributed by atoms with Crippen LogP contribution in [0.4, 0.5) is 5.69 Å². The van der Waals surface area contributed by atoms with Gasteiger partial charge >= 0.3 is 0 Å². The first-order valence-electron chi connectivity index (χ1n) is 10.9. The Morgan fingerprint density at radius 2 is 1.48 bits per heavy atom. The Hall–Kier alpha value is -2.34. The van der Waals surface area contributed by atoms with Gasteiger partial charge in [-0.15, -0.1) is 0 Å². The van der Waals surface area contributed by atoms with Gasteiger partial charge in [0.2, 0.25) is 11.8 Å². The zero-order valence-electron chi connectivity index (χ0n) is 17.3. The second kappa shape index (κ2) is 7.59. The normalized spacial score (nSPS) is 30.9. The molecule has 2 bridgehead atoms. The van der Waals surface area contributed by atoms with Crippen molar-refractivity contribution in [3.8, 4) is 0 Å². The summed E-state index contributed by atoms with van der Waals surface area (Å²) in [7, 11) is 0.